The van der Waals surface area contributed by atoms with Gasteiger partial charge in [-0.1, -0.05) is 42.8 Å². The summed E-state index contributed by atoms with van der Waals surface area (Å²) < 4.78 is 14.8. The number of nitrogens with zero attached hydrogens (tertiary/aromatic N) is 1. The Morgan fingerprint density at radius 1 is 1.25 bits per heavy atom. The first-order chi connectivity index (χ1) is 7.39. The van der Waals surface area contributed by atoms with Crippen LogP contribution in [0.5, 0.6) is 0 Å². The largest absolute Gasteiger partial charge is 0.253 e. The molecule has 2 aromatic rings. The fourth-order valence-electron chi connectivity index (χ4n) is 1.90. The first kappa shape index (κ1) is 11.5. The number of benzene rings is 1. The molecular formula is C13H13BrFN. The van der Waals surface area contributed by atoms with E-state index in [1.165, 1.54) is 6.20 Å². The van der Waals surface area contributed by atoms with Crippen molar-refractivity contribution >= 4 is 26.8 Å². The molecule has 16 heavy (non-hydrogen) atoms. The summed E-state index contributed by atoms with van der Waals surface area (Å²) in [4.78, 5) is 4.11. The topological polar surface area (TPSA) is 12.9 Å². The molecule has 0 atom stereocenters. The maximum atomic E-state index is 13.8. The van der Waals surface area contributed by atoms with Gasteiger partial charge in [0.15, 0.2) is 0 Å². The smallest absolute Gasteiger partial charge is 0.145 e. The molecule has 0 spiro atoms. The molecule has 0 aliphatic carbocycles. The van der Waals surface area contributed by atoms with Crippen LogP contribution >= 0.6 is 15.9 Å². The fourth-order valence-corrected chi connectivity index (χ4v) is 2.25. The molecule has 0 aliphatic rings. The number of hydrogen-bond acceptors (Lipinski definition) is 1. The standard InChI is InChI=1S/C13H13BrFN/c1-13(2,3)12-9-5-4-8(14)6-11(9)16-7-10(12)15/h4-7H,1-3H3. The lowest BCUT2D eigenvalue weighted by Crippen LogP contribution is -2.14. The summed E-state index contributed by atoms with van der Waals surface area (Å²) >= 11 is 3.39. The van der Waals surface area contributed by atoms with Gasteiger partial charge in [-0.25, -0.2) is 4.39 Å². The number of pyridine rings is 1. The molecule has 0 amide bonds. The van der Waals surface area contributed by atoms with Crippen molar-refractivity contribution in [1.29, 1.82) is 0 Å². The van der Waals surface area contributed by atoms with E-state index in [1.54, 1.807) is 0 Å². The van der Waals surface area contributed by atoms with Crippen molar-refractivity contribution in [1.82, 2.24) is 4.98 Å². The molecule has 84 valence electrons. The second kappa shape index (κ2) is 3.81. The molecule has 0 unspecified atom stereocenters. The second-order valence-electron chi connectivity index (χ2n) is 4.89. The highest BCUT2D eigenvalue weighted by atomic mass is 79.9. The van der Waals surface area contributed by atoms with E-state index >= 15 is 0 Å². The van der Waals surface area contributed by atoms with Crippen molar-refractivity contribution in [2.75, 3.05) is 0 Å². The van der Waals surface area contributed by atoms with E-state index < -0.39 is 0 Å². The Balaban J connectivity index is 2.85. The molecule has 1 aromatic heterocycles. The lowest BCUT2D eigenvalue weighted by molar-refractivity contribution is 0.525. The first-order valence-electron chi connectivity index (χ1n) is 5.14. The quantitative estimate of drug-likeness (QED) is 0.696. The highest BCUT2D eigenvalue weighted by Gasteiger charge is 2.21. The van der Waals surface area contributed by atoms with E-state index in [2.05, 4.69) is 20.9 Å². The van der Waals surface area contributed by atoms with Gasteiger partial charge in [0.25, 0.3) is 0 Å². The van der Waals surface area contributed by atoms with Crippen molar-refractivity contribution < 1.29 is 4.39 Å². The van der Waals surface area contributed by atoms with E-state index in [0.717, 1.165) is 20.9 Å². The molecule has 0 radical (unpaired) electrons. The Bertz CT molecular complexity index is 543. The monoisotopic (exact) mass is 281 g/mol. The number of hydrogen-bond donors (Lipinski definition) is 0. The molecule has 0 fully saturated rings. The molecule has 1 heterocycles. The van der Waals surface area contributed by atoms with Gasteiger partial charge in [0, 0.05) is 15.4 Å². The summed E-state index contributed by atoms with van der Waals surface area (Å²) in [6.45, 7) is 6.02. The van der Waals surface area contributed by atoms with Gasteiger partial charge in [0.05, 0.1) is 11.7 Å². The summed E-state index contributed by atoms with van der Waals surface area (Å²) in [6.07, 6.45) is 1.30. The summed E-state index contributed by atoms with van der Waals surface area (Å²) in [5, 5.41) is 0.885. The molecule has 0 saturated heterocycles. The summed E-state index contributed by atoms with van der Waals surface area (Å²) in [7, 11) is 0. The van der Waals surface area contributed by atoms with Gasteiger partial charge in [-0.15, -0.1) is 0 Å². The van der Waals surface area contributed by atoms with Crippen LogP contribution in [0.1, 0.15) is 26.3 Å². The number of aromatic nitrogens is 1. The minimum Gasteiger partial charge on any atom is -0.253 e. The van der Waals surface area contributed by atoms with Gasteiger partial charge in [-0.3, -0.25) is 4.98 Å². The molecule has 0 saturated carbocycles. The number of rotatable bonds is 0. The summed E-state index contributed by atoms with van der Waals surface area (Å²) in [5.41, 5.74) is 1.32. The third-order valence-electron chi connectivity index (χ3n) is 2.53. The van der Waals surface area contributed by atoms with Crippen molar-refractivity contribution in [3.05, 3.63) is 40.2 Å². The average molecular weight is 282 g/mol. The predicted octanol–water partition coefficient (Wildman–Crippen LogP) is 4.43. The van der Waals surface area contributed by atoms with Crippen LogP contribution in [0.15, 0.2) is 28.9 Å². The third kappa shape index (κ3) is 1.96. The molecule has 1 aromatic carbocycles. The maximum absolute atomic E-state index is 13.8. The third-order valence-corrected chi connectivity index (χ3v) is 3.03. The Morgan fingerprint density at radius 3 is 2.56 bits per heavy atom. The molecule has 0 aliphatic heterocycles. The van der Waals surface area contributed by atoms with Gasteiger partial charge in [0.2, 0.25) is 0 Å². The van der Waals surface area contributed by atoms with Crippen LogP contribution in [-0.4, -0.2) is 4.98 Å². The molecule has 1 nitrogen and oxygen atoms in total. The van der Waals surface area contributed by atoms with Crippen LogP contribution < -0.4 is 0 Å². The SMILES string of the molecule is CC(C)(C)c1c(F)cnc2cc(Br)ccc12. The Kier molecular flexibility index (Phi) is 2.74. The summed E-state index contributed by atoms with van der Waals surface area (Å²) in [5.74, 6) is -0.234. The van der Waals surface area contributed by atoms with E-state index in [-0.39, 0.29) is 11.2 Å². The zero-order chi connectivity index (χ0) is 11.9. The van der Waals surface area contributed by atoms with E-state index in [4.69, 9.17) is 0 Å². The maximum Gasteiger partial charge on any atom is 0.145 e. The Hall–Kier alpha value is -0.960. The van der Waals surface area contributed by atoms with Crippen LogP contribution in [0, 0.1) is 5.82 Å². The van der Waals surface area contributed by atoms with Crippen LogP contribution in [0.3, 0.4) is 0 Å². The van der Waals surface area contributed by atoms with Crippen molar-refractivity contribution in [3.63, 3.8) is 0 Å². The van der Waals surface area contributed by atoms with E-state index in [1.807, 2.05) is 39.0 Å². The van der Waals surface area contributed by atoms with Gasteiger partial charge < -0.3 is 0 Å². The van der Waals surface area contributed by atoms with E-state index in [0.29, 0.717) is 0 Å². The highest BCUT2D eigenvalue weighted by molar-refractivity contribution is 9.10. The zero-order valence-electron chi connectivity index (χ0n) is 9.51. The summed E-state index contributed by atoms with van der Waals surface area (Å²) in [6, 6.07) is 5.73. The predicted molar refractivity (Wildman–Crippen MR) is 68.1 cm³/mol. The number of halogens is 2. The molecule has 3 heteroatoms. The van der Waals surface area contributed by atoms with Crippen LogP contribution in [0.25, 0.3) is 10.9 Å². The van der Waals surface area contributed by atoms with Crippen LogP contribution in [0.4, 0.5) is 4.39 Å². The minimum absolute atomic E-state index is 0.223. The molecule has 2 rings (SSSR count). The van der Waals surface area contributed by atoms with Crippen LogP contribution in [-0.2, 0) is 5.41 Å². The van der Waals surface area contributed by atoms with Crippen molar-refractivity contribution in [2.24, 2.45) is 0 Å². The first-order valence-corrected chi connectivity index (χ1v) is 5.93. The van der Waals surface area contributed by atoms with Crippen molar-refractivity contribution in [2.45, 2.75) is 26.2 Å². The van der Waals surface area contributed by atoms with Gasteiger partial charge in [0.1, 0.15) is 5.82 Å². The molecule has 0 bridgehead atoms. The van der Waals surface area contributed by atoms with Crippen molar-refractivity contribution in [3.8, 4) is 0 Å². The van der Waals surface area contributed by atoms with Crippen LogP contribution in [0.2, 0.25) is 0 Å². The zero-order valence-corrected chi connectivity index (χ0v) is 11.1. The molecular weight excluding hydrogens is 269 g/mol. The van der Waals surface area contributed by atoms with Gasteiger partial charge >= 0.3 is 0 Å². The Labute approximate surface area is 103 Å². The van der Waals surface area contributed by atoms with E-state index in [9.17, 15) is 4.39 Å². The highest BCUT2D eigenvalue weighted by Crippen LogP contribution is 2.32. The normalized spacial score (nSPS) is 12.1. The second-order valence-corrected chi connectivity index (χ2v) is 5.81. The van der Waals surface area contributed by atoms with Gasteiger partial charge in [-0.2, -0.15) is 0 Å². The number of fused-ring (bicyclic) bond motifs is 1. The Morgan fingerprint density at radius 2 is 1.94 bits per heavy atom. The lowest BCUT2D eigenvalue weighted by Gasteiger charge is -2.21. The molecule has 0 N–H and O–H groups in total. The van der Waals surface area contributed by atoms with Gasteiger partial charge in [-0.05, 0) is 17.5 Å². The average Bonchev–Trinajstić information content (AvgIpc) is 2.16. The minimum atomic E-state index is -0.234. The lowest BCUT2D eigenvalue weighted by atomic mass is 9.84. The fraction of sp³-hybridized carbons (Fsp3) is 0.308.